The number of amides is 1. The van der Waals surface area contributed by atoms with E-state index < -0.39 is 15.9 Å². The summed E-state index contributed by atoms with van der Waals surface area (Å²) < 4.78 is 31.9. The number of nitrogens with one attached hydrogen (secondary N) is 1. The predicted molar refractivity (Wildman–Crippen MR) is 108 cm³/mol. The predicted octanol–water partition coefficient (Wildman–Crippen LogP) is 3.01. The van der Waals surface area contributed by atoms with Crippen LogP contribution >= 0.6 is 11.3 Å². The molecule has 1 amide bonds. The van der Waals surface area contributed by atoms with Gasteiger partial charge >= 0.3 is 0 Å². The summed E-state index contributed by atoms with van der Waals surface area (Å²) in [5.41, 5.74) is 0.920. The molecule has 3 aromatic rings. The molecule has 0 aliphatic heterocycles. The molecule has 1 aromatic heterocycles. The number of benzene rings is 2. The number of para-hydroxylation sites is 1. The normalized spacial score (nSPS) is 11.1. The Kier molecular flexibility index (Phi) is 5.90. The summed E-state index contributed by atoms with van der Waals surface area (Å²) in [6, 6.07) is 15.2. The first-order chi connectivity index (χ1) is 13.5. The lowest BCUT2D eigenvalue weighted by atomic mass is 10.2. The van der Waals surface area contributed by atoms with Crippen molar-refractivity contribution in [3.63, 3.8) is 0 Å². The van der Waals surface area contributed by atoms with Gasteiger partial charge < -0.3 is 4.74 Å². The van der Waals surface area contributed by atoms with Gasteiger partial charge in [0.05, 0.1) is 12.8 Å². The van der Waals surface area contributed by atoms with E-state index in [2.05, 4.69) is 15.5 Å². The van der Waals surface area contributed by atoms with E-state index in [0.29, 0.717) is 17.0 Å². The molecule has 1 N–H and O–H groups in total. The Balaban J connectivity index is 1.79. The van der Waals surface area contributed by atoms with Crippen molar-refractivity contribution in [2.45, 2.75) is 11.3 Å². The van der Waals surface area contributed by atoms with E-state index in [1.807, 2.05) is 6.07 Å². The van der Waals surface area contributed by atoms with Gasteiger partial charge in [0.25, 0.3) is 20.3 Å². The molecule has 28 heavy (non-hydrogen) atoms. The molecule has 0 bridgehead atoms. The van der Waals surface area contributed by atoms with Crippen LogP contribution in [0.4, 0.5) is 10.8 Å². The standard InChI is InChI=1S/C18H18N4O4S2/c1-3-22(14-7-5-4-6-8-14)28(24,25)18-21-20-17(27-18)19-16(23)13-9-11-15(26-2)12-10-13/h4-12H,3H2,1-2H3,(H,19,20,23). The lowest BCUT2D eigenvalue weighted by Gasteiger charge is -2.20. The van der Waals surface area contributed by atoms with Gasteiger partial charge in [-0.05, 0) is 43.3 Å². The number of sulfonamides is 1. The molecule has 2 aromatic carbocycles. The molecule has 0 unspecified atom stereocenters. The third-order valence-electron chi connectivity index (χ3n) is 3.82. The third-order valence-corrected chi connectivity index (χ3v) is 6.91. The van der Waals surface area contributed by atoms with E-state index in [-0.39, 0.29) is 16.0 Å². The summed E-state index contributed by atoms with van der Waals surface area (Å²) in [6.45, 7) is 1.97. The number of ether oxygens (including phenoxy) is 1. The second-order valence-electron chi connectivity index (χ2n) is 5.56. The number of nitrogens with zero attached hydrogens (tertiary/aromatic N) is 3. The molecule has 0 aliphatic rings. The quantitative estimate of drug-likeness (QED) is 0.592. The smallest absolute Gasteiger partial charge is 0.293 e. The zero-order valence-electron chi connectivity index (χ0n) is 15.2. The molecule has 0 aliphatic carbocycles. The number of anilines is 2. The summed E-state index contributed by atoms with van der Waals surface area (Å²) in [5.74, 6) is 0.208. The maximum atomic E-state index is 12.9. The number of hydrogen-bond donors (Lipinski definition) is 1. The van der Waals surface area contributed by atoms with Crippen LogP contribution in [0.15, 0.2) is 58.9 Å². The minimum atomic E-state index is -3.88. The van der Waals surface area contributed by atoms with Gasteiger partial charge in [-0.1, -0.05) is 29.5 Å². The molecule has 0 atom stereocenters. The first kappa shape index (κ1) is 19.8. The molecule has 0 saturated heterocycles. The van der Waals surface area contributed by atoms with E-state index in [9.17, 15) is 13.2 Å². The fourth-order valence-corrected chi connectivity index (χ4v) is 4.93. The van der Waals surface area contributed by atoms with Crippen molar-refractivity contribution in [3.05, 3.63) is 60.2 Å². The molecule has 146 valence electrons. The van der Waals surface area contributed by atoms with Gasteiger partial charge in [-0.2, -0.15) is 8.42 Å². The van der Waals surface area contributed by atoms with Crippen molar-refractivity contribution in [3.8, 4) is 5.75 Å². The summed E-state index contributed by atoms with van der Waals surface area (Å²) >= 11 is 0.800. The minimum Gasteiger partial charge on any atom is -0.497 e. The van der Waals surface area contributed by atoms with E-state index in [1.165, 1.54) is 11.4 Å². The van der Waals surface area contributed by atoms with Crippen LogP contribution in [-0.2, 0) is 10.0 Å². The Bertz CT molecular complexity index is 1050. The van der Waals surface area contributed by atoms with E-state index in [0.717, 1.165) is 11.3 Å². The molecule has 0 radical (unpaired) electrons. The Hall–Kier alpha value is -2.98. The largest absolute Gasteiger partial charge is 0.497 e. The highest BCUT2D eigenvalue weighted by molar-refractivity contribution is 7.94. The minimum absolute atomic E-state index is 0.100. The Morgan fingerprint density at radius 3 is 2.39 bits per heavy atom. The molecular weight excluding hydrogens is 400 g/mol. The second-order valence-corrected chi connectivity index (χ2v) is 8.57. The number of methoxy groups -OCH3 is 1. The van der Waals surface area contributed by atoms with Crippen LogP contribution in [0.2, 0.25) is 0 Å². The zero-order valence-corrected chi connectivity index (χ0v) is 16.8. The summed E-state index contributed by atoms with van der Waals surface area (Å²) in [4.78, 5) is 12.3. The number of aromatic nitrogens is 2. The fraction of sp³-hybridized carbons (Fsp3) is 0.167. The molecule has 1 heterocycles. The van der Waals surface area contributed by atoms with Crippen LogP contribution in [-0.4, -0.2) is 38.2 Å². The number of hydrogen-bond acceptors (Lipinski definition) is 7. The highest BCUT2D eigenvalue weighted by Crippen LogP contribution is 2.27. The lowest BCUT2D eigenvalue weighted by molar-refractivity contribution is 0.102. The Morgan fingerprint density at radius 2 is 1.79 bits per heavy atom. The third kappa shape index (κ3) is 4.12. The van der Waals surface area contributed by atoms with Gasteiger partial charge in [-0.15, -0.1) is 10.2 Å². The molecule has 10 heteroatoms. The first-order valence-corrected chi connectivity index (χ1v) is 10.6. The van der Waals surface area contributed by atoms with Crippen molar-refractivity contribution in [1.82, 2.24) is 10.2 Å². The van der Waals surface area contributed by atoms with Gasteiger partial charge in [0.15, 0.2) is 0 Å². The molecule has 0 spiro atoms. The summed E-state index contributed by atoms with van der Waals surface area (Å²) in [7, 11) is -2.35. The lowest BCUT2D eigenvalue weighted by Crippen LogP contribution is -2.30. The average molecular weight is 419 g/mol. The SMILES string of the molecule is CCN(c1ccccc1)S(=O)(=O)c1nnc(NC(=O)c2ccc(OC)cc2)s1. The highest BCUT2D eigenvalue weighted by atomic mass is 32.2. The van der Waals surface area contributed by atoms with Crippen molar-refractivity contribution < 1.29 is 17.9 Å². The molecule has 8 nitrogen and oxygen atoms in total. The molecular formula is C18H18N4O4S2. The summed E-state index contributed by atoms with van der Waals surface area (Å²) in [6.07, 6.45) is 0. The van der Waals surface area contributed by atoms with Gasteiger partial charge in [0.2, 0.25) is 5.13 Å². The van der Waals surface area contributed by atoms with Gasteiger partial charge in [-0.3, -0.25) is 14.4 Å². The van der Waals surface area contributed by atoms with Crippen LogP contribution in [0, 0.1) is 0 Å². The Labute approximate surface area is 166 Å². The molecule has 3 rings (SSSR count). The van der Waals surface area contributed by atoms with Gasteiger partial charge in [0.1, 0.15) is 5.75 Å². The molecule has 0 fully saturated rings. The van der Waals surface area contributed by atoms with Gasteiger partial charge in [0, 0.05) is 12.1 Å². The Morgan fingerprint density at radius 1 is 1.11 bits per heavy atom. The highest BCUT2D eigenvalue weighted by Gasteiger charge is 2.28. The fourth-order valence-electron chi connectivity index (χ4n) is 2.46. The summed E-state index contributed by atoms with van der Waals surface area (Å²) in [5, 5.41) is 10.2. The van der Waals surface area contributed by atoms with E-state index >= 15 is 0 Å². The van der Waals surface area contributed by atoms with Crippen LogP contribution < -0.4 is 14.4 Å². The maximum Gasteiger partial charge on any atom is 0.293 e. The van der Waals surface area contributed by atoms with E-state index in [4.69, 9.17) is 4.74 Å². The number of rotatable bonds is 7. The molecule has 0 saturated carbocycles. The van der Waals surface area contributed by atoms with Crippen molar-refractivity contribution in [2.75, 3.05) is 23.3 Å². The monoisotopic (exact) mass is 418 g/mol. The van der Waals surface area contributed by atoms with Crippen molar-refractivity contribution >= 4 is 38.1 Å². The van der Waals surface area contributed by atoms with E-state index in [1.54, 1.807) is 55.5 Å². The van der Waals surface area contributed by atoms with Crippen LogP contribution in [0.3, 0.4) is 0 Å². The van der Waals surface area contributed by atoms with Gasteiger partial charge in [-0.25, -0.2) is 0 Å². The maximum absolute atomic E-state index is 12.9. The van der Waals surface area contributed by atoms with Crippen molar-refractivity contribution in [1.29, 1.82) is 0 Å². The van der Waals surface area contributed by atoms with Crippen molar-refractivity contribution in [2.24, 2.45) is 0 Å². The first-order valence-electron chi connectivity index (χ1n) is 8.32. The van der Waals surface area contributed by atoms with Crippen LogP contribution in [0.25, 0.3) is 0 Å². The van der Waals surface area contributed by atoms with Crippen LogP contribution in [0.5, 0.6) is 5.75 Å². The number of carbonyl (C=O) groups is 1. The average Bonchev–Trinajstić information content (AvgIpc) is 3.18. The second kappa shape index (κ2) is 8.36. The topological polar surface area (TPSA) is 101 Å². The zero-order chi connectivity index (χ0) is 20.1. The number of carbonyl (C=O) groups excluding carboxylic acids is 1. The van der Waals surface area contributed by atoms with Crippen LogP contribution in [0.1, 0.15) is 17.3 Å².